The van der Waals surface area contributed by atoms with Gasteiger partial charge in [0, 0.05) is 19.9 Å². The maximum absolute atomic E-state index is 5.19. The summed E-state index contributed by atoms with van der Waals surface area (Å²) < 4.78 is 6.83. The first-order chi connectivity index (χ1) is 10.2. The molecular weight excluding hydrogens is 284 g/mol. The second-order valence-electron chi connectivity index (χ2n) is 4.79. The van der Waals surface area contributed by atoms with Gasteiger partial charge in [0.1, 0.15) is 0 Å². The molecule has 2 N–H and O–H groups in total. The zero-order valence-corrected chi connectivity index (χ0v) is 13.1. The molecule has 1 aromatic heterocycles. The van der Waals surface area contributed by atoms with Gasteiger partial charge in [0.2, 0.25) is 0 Å². The highest BCUT2D eigenvalue weighted by Gasteiger charge is 2.02. The van der Waals surface area contributed by atoms with Crippen LogP contribution in [0.2, 0.25) is 0 Å². The third-order valence-electron chi connectivity index (χ3n) is 2.95. The molecule has 0 aliphatic carbocycles. The van der Waals surface area contributed by atoms with Crippen LogP contribution in [0.4, 0.5) is 5.69 Å². The van der Waals surface area contributed by atoms with Crippen LogP contribution >= 0.6 is 12.2 Å². The van der Waals surface area contributed by atoms with Crippen molar-refractivity contribution in [2.75, 3.05) is 25.6 Å². The lowest BCUT2D eigenvalue weighted by molar-refractivity contribution is 0.204. The number of rotatable bonds is 6. The van der Waals surface area contributed by atoms with Crippen LogP contribution in [0.1, 0.15) is 11.1 Å². The average Bonchev–Trinajstić information content (AvgIpc) is 2.89. The Morgan fingerprint density at radius 2 is 2.10 bits per heavy atom. The lowest BCUT2D eigenvalue weighted by Gasteiger charge is -2.07. The molecule has 0 saturated carbocycles. The number of benzene rings is 1. The van der Waals surface area contributed by atoms with E-state index in [1.165, 1.54) is 11.1 Å². The minimum Gasteiger partial charge on any atom is -0.383 e. The zero-order chi connectivity index (χ0) is 15.1. The lowest BCUT2D eigenvalue weighted by Crippen LogP contribution is -2.30. The Hall–Kier alpha value is -1.92. The molecule has 2 rings (SSSR count). The fourth-order valence-corrected chi connectivity index (χ4v) is 2.06. The summed E-state index contributed by atoms with van der Waals surface area (Å²) in [7, 11) is 1.66. The summed E-state index contributed by atoms with van der Waals surface area (Å²) in [6.07, 6.45) is 3.70. The summed E-state index contributed by atoms with van der Waals surface area (Å²) in [6, 6.07) is 8.43. The second-order valence-corrected chi connectivity index (χ2v) is 5.19. The molecule has 0 saturated heterocycles. The van der Waals surface area contributed by atoms with E-state index in [-0.39, 0.29) is 0 Å². The number of aryl methyl sites for hydroxylation is 1. The Kier molecular flexibility index (Phi) is 5.71. The first-order valence-electron chi connectivity index (χ1n) is 6.79. The fraction of sp³-hybridized carbons (Fsp3) is 0.333. The molecule has 1 heterocycles. The number of nitrogens with zero attached hydrogens (tertiary/aromatic N) is 2. The van der Waals surface area contributed by atoms with E-state index >= 15 is 0 Å². The highest BCUT2D eigenvalue weighted by molar-refractivity contribution is 7.80. The van der Waals surface area contributed by atoms with Crippen molar-refractivity contribution in [1.29, 1.82) is 0 Å². The van der Waals surface area contributed by atoms with Crippen molar-refractivity contribution in [3.8, 4) is 0 Å². The van der Waals surface area contributed by atoms with Crippen molar-refractivity contribution in [1.82, 2.24) is 15.1 Å². The van der Waals surface area contributed by atoms with Gasteiger partial charge in [0.05, 0.1) is 25.0 Å². The van der Waals surface area contributed by atoms with Gasteiger partial charge in [-0.05, 0) is 24.7 Å². The van der Waals surface area contributed by atoms with Gasteiger partial charge in [0.25, 0.3) is 0 Å². The van der Waals surface area contributed by atoms with E-state index < -0.39 is 0 Å². The van der Waals surface area contributed by atoms with Gasteiger partial charge in [-0.2, -0.15) is 5.10 Å². The van der Waals surface area contributed by atoms with E-state index in [0.29, 0.717) is 18.3 Å². The van der Waals surface area contributed by atoms with Crippen LogP contribution < -0.4 is 10.6 Å². The summed E-state index contributed by atoms with van der Waals surface area (Å²) in [6.45, 7) is 4.12. The third kappa shape index (κ3) is 5.17. The van der Waals surface area contributed by atoms with Crippen molar-refractivity contribution >= 4 is 23.0 Å². The molecule has 6 heteroatoms. The Bertz CT molecular complexity index is 580. The predicted molar refractivity (Wildman–Crippen MR) is 88.6 cm³/mol. The molecule has 0 spiro atoms. The largest absolute Gasteiger partial charge is 0.383 e. The van der Waals surface area contributed by atoms with Crippen LogP contribution in [-0.4, -0.2) is 35.2 Å². The highest BCUT2D eigenvalue weighted by Crippen LogP contribution is 2.09. The predicted octanol–water partition coefficient (Wildman–Crippen LogP) is 2.17. The Labute approximate surface area is 130 Å². The quantitative estimate of drug-likeness (QED) is 0.633. The van der Waals surface area contributed by atoms with E-state index in [9.17, 15) is 0 Å². The van der Waals surface area contributed by atoms with Gasteiger partial charge in [0.15, 0.2) is 5.11 Å². The van der Waals surface area contributed by atoms with Crippen LogP contribution in [0.5, 0.6) is 0 Å². The van der Waals surface area contributed by atoms with E-state index in [1.807, 2.05) is 10.9 Å². The van der Waals surface area contributed by atoms with Gasteiger partial charge in [-0.1, -0.05) is 29.8 Å². The van der Waals surface area contributed by atoms with E-state index in [4.69, 9.17) is 17.0 Å². The zero-order valence-electron chi connectivity index (χ0n) is 12.3. The topological polar surface area (TPSA) is 51.1 Å². The van der Waals surface area contributed by atoms with Crippen molar-refractivity contribution < 1.29 is 4.74 Å². The summed E-state index contributed by atoms with van der Waals surface area (Å²) in [4.78, 5) is 0. The van der Waals surface area contributed by atoms with Crippen LogP contribution in [-0.2, 0) is 11.3 Å². The molecule has 0 unspecified atom stereocenters. The number of hydrogen-bond acceptors (Lipinski definition) is 3. The standard InChI is InChI=1S/C15H20N4OS/c1-12-3-5-13(6-4-12)10-19-11-14(9-17-19)18-15(21)16-7-8-20-2/h3-6,9,11H,7-8,10H2,1-2H3,(H2,16,18,21). The summed E-state index contributed by atoms with van der Waals surface area (Å²) >= 11 is 5.19. The van der Waals surface area contributed by atoms with Crippen LogP contribution in [0.3, 0.4) is 0 Å². The van der Waals surface area contributed by atoms with Gasteiger partial charge in [-0.15, -0.1) is 0 Å². The molecule has 0 fully saturated rings. The monoisotopic (exact) mass is 304 g/mol. The molecule has 5 nitrogen and oxygen atoms in total. The molecular formula is C15H20N4OS. The van der Waals surface area contributed by atoms with E-state index in [1.54, 1.807) is 13.3 Å². The van der Waals surface area contributed by atoms with E-state index in [2.05, 4.69) is 46.9 Å². The minimum absolute atomic E-state index is 0.571. The van der Waals surface area contributed by atoms with Crippen molar-refractivity contribution in [3.05, 3.63) is 47.8 Å². The fourth-order valence-electron chi connectivity index (χ4n) is 1.84. The third-order valence-corrected chi connectivity index (χ3v) is 3.19. The van der Waals surface area contributed by atoms with Crippen molar-refractivity contribution in [2.45, 2.75) is 13.5 Å². The molecule has 0 amide bonds. The SMILES string of the molecule is COCCNC(=S)Nc1cnn(Cc2ccc(C)cc2)c1. The summed E-state index contributed by atoms with van der Waals surface area (Å²) in [5.41, 5.74) is 3.35. The number of anilines is 1. The molecule has 1 aromatic carbocycles. The Balaban J connectivity index is 1.86. The maximum atomic E-state index is 5.19. The molecule has 0 bridgehead atoms. The highest BCUT2D eigenvalue weighted by atomic mass is 32.1. The van der Waals surface area contributed by atoms with Crippen LogP contribution in [0, 0.1) is 6.92 Å². The number of ether oxygens (including phenoxy) is 1. The minimum atomic E-state index is 0.571. The molecule has 0 aliphatic heterocycles. The number of hydrogen-bond donors (Lipinski definition) is 2. The lowest BCUT2D eigenvalue weighted by atomic mass is 10.1. The van der Waals surface area contributed by atoms with Crippen LogP contribution in [0.25, 0.3) is 0 Å². The normalized spacial score (nSPS) is 10.4. The Morgan fingerprint density at radius 3 is 2.81 bits per heavy atom. The molecule has 2 aromatic rings. The van der Waals surface area contributed by atoms with Crippen molar-refractivity contribution in [2.24, 2.45) is 0 Å². The van der Waals surface area contributed by atoms with Gasteiger partial charge in [-0.25, -0.2) is 0 Å². The number of thiocarbonyl (C=S) groups is 1. The van der Waals surface area contributed by atoms with Gasteiger partial charge < -0.3 is 15.4 Å². The molecule has 21 heavy (non-hydrogen) atoms. The maximum Gasteiger partial charge on any atom is 0.170 e. The van der Waals surface area contributed by atoms with Crippen molar-refractivity contribution in [3.63, 3.8) is 0 Å². The first-order valence-corrected chi connectivity index (χ1v) is 7.20. The second kappa shape index (κ2) is 7.75. The first kappa shape index (κ1) is 15.5. The van der Waals surface area contributed by atoms with Crippen LogP contribution in [0.15, 0.2) is 36.7 Å². The number of nitrogens with one attached hydrogen (secondary N) is 2. The molecule has 112 valence electrons. The van der Waals surface area contributed by atoms with Gasteiger partial charge >= 0.3 is 0 Å². The molecule has 0 aliphatic rings. The average molecular weight is 304 g/mol. The number of aromatic nitrogens is 2. The molecule has 0 radical (unpaired) electrons. The molecule has 0 atom stereocenters. The Morgan fingerprint density at radius 1 is 1.33 bits per heavy atom. The van der Waals surface area contributed by atoms with E-state index in [0.717, 1.165) is 12.2 Å². The number of methoxy groups -OCH3 is 1. The summed E-state index contributed by atoms with van der Waals surface area (Å²) in [5.74, 6) is 0. The summed E-state index contributed by atoms with van der Waals surface area (Å²) in [5, 5.41) is 11.0. The smallest absolute Gasteiger partial charge is 0.170 e. The van der Waals surface area contributed by atoms with Gasteiger partial charge in [-0.3, -0.25) is 4.68 Å².